The Hall–Kier alpha value is -0.350. The minimum Gasteiger partial charge on any atom is -0.314 e. The van der Waals surface area contributed by atoms with E-state index in [9.17, 15) is 4.39 Å². The first-order valence-electron chi connectivity index (χ1n) is 6.31. The molecule has 1 aliphatic heterocycles. The molecule has 1 atom stereocenters. The minimum atomic E-state index is -0.301. The highest BCUT2D eigenvalue weighted by Gasteiger charge is 2.23. The van der Waals surface area contributed by atoms with Gasteiger partial charge in [0.15, 0.2) is 0 Å². The first-order valence-corrected chi connectivity index (χ1v) is 6.31. The number of hydrogen-bond acceptors (Lipinski definition) is 2. The number of hydrogen-bond donors (Lipinski definition) is 1. The number of benzene rings is 1. The van der Waals surface area contributed by atoms with Gasteiger partial charge < -0.3 is 5.32 Å². The Balaban J connectivity index is 0.00000162. The van der Waals surface area contributed by atoms with Gasteiger partial charge in [0.05, 0.1) is 6.04 Å². The molecule has 5 heteroatoms. The predicted molar refractivity (Wildman–Crippen MR) is 83.6 cm³/mol. The minimum absolute atomic E-state index is 0. The molecule has 1 saturated heterocycles. The van der Waals surface area contributed by atoms with E-state index < -0.39 is 0 Å². The summed E-state index contributed by atoms with van der Waals surface area (Å²) >= 11 is 0. The van der Waals surface area contributed by atoms with Crippen LogP contribution in [0, 0.1) is 13.8 Å². The predicted octanol–water partition coefficient (Wildman–Crippen LogP) is 3.06. The molecule has 1 N–H and O–H groups in total. The smallest absolute Gasteiger partial charge is 0.109 e. The summed E-state index contributed by atoms with van der Waals surface area (Å²) in [4.78, 5) is 2.25. The van der Waals surface area contributed by atoms with Crippen LogP contribution in [0.3, 0.4) is 0 Å². The number of nitrogens with zero attached hydrogens (tertiary/aromatic N) is 1. The molecule has 1 fully saturated rings. The maximum absolute atomic E-state index is 13.4. The van der Waals surface area contributed by atoms with E-state index in [-0.39, 0.29) is 37.5 Å². The summed E-state index contributed by atoms with van der Waals surface area (Å²) < 4.78 is 13.4. The van der Waals surface area contributed by atoms with Gasteiger partial charge in [0.2, 0.25) is 0 Å². The fraction of sp³-hybridized carbons (Fsp3) is 0.571. The zero-order chi connectivity index (χ0) is 12.3. The molecule has 0 amide bonds. The van der Waals surface area contributed by atoms with Gasteiger partial charge in [0, 0.05) is 26.2 Å². The Kier molecular flexibility index (Phi) is 8.59. The van der Waals surface area contributed by atoms with Crippen molar-refractivity contribution < 1.29 is 4.39 Å². The summed E-state index contributed by atoms with van der Waals surface area (Å²) in [6.07, 6.45) is 0. The van der Waals surface area contributed by atoms with Crippen molar-refractivity contribution in [2.24, 2.45) is 0 Å². The first kappa shape index (κ1) is 18.7. The highest BCUT2D eigenvalue weighted by molar-refractivity contribution is 5.85. The molecule has 0 aromatic heterocycles. The normalized spacial score (nSPS) is 17.2. The summed E-state index contributed by atoms with van der Waals surface area (Å²) in [6, 6.07) is 6.11. The average Bonchev–Trinajstić information content (AvgIpc) is 2.37. The summed E-state index contributed by atoms with van der Waals surface area (Å²) in [5.41, 5.74) is 3.62. The van der Waals surface area contributed by atoms with Gasteiger partial charge >= 0.3 is 0 Å². The molecule has 1 aromatic rings. The molecule has 0 saturated carbocycles. The van der Waals surface area contributed by atoms with Crippen LogP contribution in [0.15, 0.2) is 18.2 Å². The van der Waals surface area contributed by atoms with E-state index in [1.807, 2.05) is 6.07 Å². The second-order valence-corrected chi connectivity index (χ2v) is 4.75. The number of halogens is 3. The summed E-state index contributed by atoms with van der Waals surface area (Å²) in [7, 11) is 0. The van der Waals surface area contributed by atoms with Gasteiger partial charge in [-0.2, -0.15) is 0 Å². The van der Waals surface area contributed by atoms with E-state index in [1.54, 1.807) is 0 Å². The van der Waals surface area contributed by atoms with Gasteiger partial charge in [-0.15, -0.1) is 24.8 Å². The maximum atomic E-state index is 13.4. The molecule has 0 unspecified atom stereocenters. The van der Waals surface area contributed by atoms with Crippen molar-refractivity contribution in [1.82, 2.24) is 10.2 Å². The Morgan fingerprint density at radius 3 is 2.42 bits per heavy atom. The molecule has 0 aliphatic carbocycles. The van der Waals surface area contributed by atoms with Gasteiger partial charge in [-0.1, -0.05) is 18.2 Å². The van der Waals surface area contributed by atoms with Crippen LogP contribution in [0.25, 0.3) is 0 Å². The fourth-order valence-corrected chi connectivity index (χ4v) is 2.51. The van der Waals surface area contributed by atoms with E-state index in [4.69, 9.17) is 0 Å². The third-order valence-electron chi connectivity index (χ3n) is 3.74. The molecular weight excluding hydrogens is 286 g/mol. The molecule has 1 heterocycles. The van der Waals surface area contributed by atoms with Gasteiger partial charge in [0.1, 0.15) is 6.67 Å². The zero-order valence-corrected chi connectivity index (χ0v) is 13.1. The Labute approximate surface area is 127 Å². The third-order valence-corrected chi connectivity index (χ3v) is 3.74. The Morgan fingerprint density at radius 2 is 1.84 bits per heavy atom. The number of aryl methyl sites for hydroxylation is 1. The van der Waals surface area contributed by atoms with Crippen molar-refractivity contribution in [3.8, 4) is 0 Å². The molecule has 0 bridgehead atoms. The summed E-state index contributed by atoms with van der Waals surface area (Å²) in [6.45, 7) is 7.67. The lowest BCUT2D eigenvalue weighted by Gasteiger charge is -2.34. The van der Waals surface area contributed by atoms with Crippen LogP contribution in [0.4, 0.5) is 4.39 Å². The quantitative estimate of drug-likeness (QED) is 0.923. The van der Waals surface area contributed by atoms with Gasteiger partial charge in [0.25, 0.3) is 0 Å². The molecule has 110 valence electrons. The lowest BCUT2D eigenvalue weighted by molar-refractivity contribution is 0.147. The highest BCUT2D eigenvalue weighted by Crippen LogP contribution is 2.26. The number of alkyl halides is 1. The van der Waals surface area contributed by atoms with E-state index in [0.717, 1.165) is 31.7 Å². The highest BCUT2D eigenvalue weighted by atomic mass is 35.5. The van der Waals surface area contributed by atoms with Crippen molar-refractivity contribution in [1.29, 1.82) is 0 Å². The molecular formula is C14H23Cl2FN2. The topological polar surface area (TPSA) is 15.3 Å². The Bertz CT molecular complexity index is 382. The van der Waals surface area contributed by atoms with Gasteiger partial charge in [-0.3, -0.25) is 4.90 Å². The lowest BCUT2D eigenvalue weighted by Crippen LogP contribution is -2.45. The van der Waals surface area contributed by atoms with E-state index in [2.05, 4.69) is 36.2 Å². The van der Waals surface area contributed by atoms with Crippen molar-refractivity contribution >= 4 is 24.8 Å². The molecule has 1 aliphatic rings. The largest absolute Gasteiger partial charge is 0.314 e. The fourth-order valence-electron chi connectivity index (χ4n) is 2.51. The molecule has 0 radical (unpaired) electrons. The van der Waals surface area contributed by atoms with Crippen molar-refractivity contribution in [2.75, 3.05) is 32.9 Å². The average molecular weight is 309 g/mol. The van der Waals surface area contributed by atoms with Crippen molar-refractivity contribution in [2.45, 2.75) is 19.9 Å². The van der Waals surface area contributed by atoms with Gasteiger partial charge in [-0.05, 0) is 30.5 Å². The SMILES string of the molecule is Cc1cccc([C@H](CF)N2CCNCC2)c1C.Cl.Cl. The number of piperazine rings is 1. The molecule has 1 aromatic carbocycles. The van der Waals surface area contributed by atoms with Crippen LogP contribution in [-0.2, 0) is 0 Å². The van der Waals surface area contributed by atoms with Crippen LogP contribution in [0.2, 0.25) is 0 Å². The maximum Gasteiger partial charge on any atom is 0.109 e. The van der Waals surface area contributed by atoms with E-state index >= 15 is 0 Å². The van der Waals surface area contributed by atoms with Crippen LogP contribution in [0.5, 0.6) is 0 Å². The summed E-state index contributed by atoms with van der Waals surface area (Å²) in [5.74, 6) is 0. The molecule has 19 heavy (non-hydrogen) atoms. The molecule has 0 spiro atoms. The number of nitrogens with one attached hydrogen (secondary N) is 1. The second kappa shape index (κ2) is 8.75. The monoisotopic (exact) mass is 308 g/mol. The third kappa shape index (κ3) is 4.32. The van der Waals surface area contributed by atoms with Crippen LogP contribution < -0.4 is 5.32 Å². The summed E-state index contributed by atoms with van der Waals surface area (Å²) in [5, 5.41) is 3.31. The van der Waals surface area contributed by atoms with Crippen LogP contribution >= 0.6 is 24.8 Å². The van der Waals surface area contributed by atoms with E-state index in [1.165, 1.54) is 11.1 Å². The van der Waals surface area contributed by atoms with Crippen LogP contribution in [0.1, 0.15) is 22.7 Å². The van der Waals surface area contributed by atoms with Gasteiger partial charge in [-0.25, -0.2) is 4.39 Å². The van der Waals surface area contributed by atoms with E-state index in [0.29, 0.717) is 0 Å². The Morgan fingerprint density at radius 1 is 1.21 bits per heavy atom. The standard InChI is InChI=1S/C14H21FN2.2ClH/c1-11-4-3-5-13(12(11)2)14(10-15)17-8-6-16-7-9-17;;/h3-5,14,16H,6-10H2,1-2H3;2*1H/t14-;;/m0../s1. The zero-order valence-electron chi connectivity index (χ0n) is 11.5. The number of rotatable bonds is 3. The van der Waals surface area contributed by atoms with Crippen molar-refractivity contribution in [3.63, 3.8) is 0 Å². The molecule has 2 rings (SSSR count). The second-order valence-electron chi connectivity index (χ2n) is 4.75. The first-order chi connectivity index (χ1) is 8.24. The van der Waals surface area contributed by atoms with Crippen LogP contribution in [-0.4, -0.2) is 37.8 Å². The molecule has 2 nitrogen and oxygen atoms in total. The van der Waals surface area contributed by atoms with Crippen molar-refractivity contribution in [3.05, 3.63) is 34.9 Å². The lowest BCUT2D eigenvalue weighted by atomic mass is 9.97.